The van der Waals surface area contributed by atoms with E-state index >= 15 is 0 Å². The third kappa shape index (κ3) is 5.42. The molecule has 0 spiro atoms. The molecule has 0 saturated heterocycles. The monoisotopic (exact) mass is 342 g/mol. The first-order chi connectivity index (χ1) is 10.5. The van der Waals surface area contributed by atoms with Crippen LogP contribution in [-0.2, 0) is 4.79 Å². The van der Waals surface area contributed by atoms with Crippen LogP contribution < -0.4 is 22.1 Å². The van der Waals surface area contributed by atoms with Crippen LogP contribution in [0, 0.1) is 0 Å². The molecule has 0 unspecified atom stereocenters. The van der Waals surface area contributed by atoms with Crippen molar-refractivity contribution in [3.63, 3.8) is 0 Å². The molecule has 2 rings (SSSR count). The molecule has 1 amide bonds. The Bertz CT molecular complexity index is 642. The minimum atomic E-state index is 0.403. The van der Waals surface area contributed by atoms with E-state index in [2.05, 4.69) is 5.84 Å². The summed E-state index contributed by atoms with van der Waals surface area (Å²) in [6.45, 7) is 0. The van der Waals surface area contributed by atoms with Crippen molar-refractivity contribution in [3.05, 3.63) is 51.9 Å². The van der Waals surface area contributed by atoms with Gasteiger partial charge in [-0.25, -0.2) is 11.7 Å². The molecule has 0 radical (unpaired) electrons. The third-order valence-corrected chi connectivity index (χ3v) is 3.01. The van der Waals surface area contributed by atoms with Crippen molar-refractivity contribution < 1.29 is 9.21 Å². The molecular weight excluding hydrogens is 327 g/mol. The number of hydrazine groups is 2. The van der Waals surface area contributed by atoms with Gasteiger partial charge < -0.3 is 9.43 Å². The van der Waals surface area contributed by atoms with Gasteiger partial charge >= 0.3 is 0 Å². The molecule has 0 aliphatic rings. The lowest BCUT2D eigenvalue weighted by molar-refractivity contribution is -0.109. The summed E-state index contributed by atoms with van der Waals surface area (Å²) in [7, 11) is 1.76. The Morgan fingerprint density at radius 1 is 1.32 bits per heavy atom. The summed E-state index contributed by atoms with van der Waals surface area (Å²) in [5, 5.41) is 2.70. The molecular formula is C14H16Cl2N4O2. The number of anilines is 1. The Balaban J connectivity index is 0.000000541. The van der Waals surface area contributed by atoms with E-state index in [1.54, 1.807) is 24.6 Å². The highest BCUT2D eigenvalue weighted by Gasteiger charge is 2.06. The highest BCUT2D eigenvalue weighted by molar-refractivity contribution is 6.32. The largest absolute Gasteiger partial charge is 0.463 e. The van der Waals surface area contributed by atoms with Crippen molar-refractivity contribution in [3.8, 4) is 0 Å². The predicted octanol–water partition coefficient (Wildman–Crippen LogP) is 2.67. The van der Waals surface area contributed by atoms with Crippen LogP contribution in [-0.4, -0.2) is 13.5 Å². The minimum absolute atomic E-state index is 0.403. The van der Waals surface area contributed by atoms with Gasteiger partial charge in [0.2, 0.25) is 6.41 Å². The summed E-state index contributed by atoms with van der Waals surface area (Å²) in [5.74, 6) is 10.8. The predicted molar refractivity (Wildman–Crippen MR) is 90.1 cm³/mol. The normalized spacial score (nSPS) is 10.0. The van der Waals surface area contributed by atoms with Crippen LogP contribution in [0.25, 0.3) is 12.2 Å². The van der Waals surface area contributed by atoms with E-state index in [4.69, 9.17) is 38.3 Å². The molecule has 118 valence electrons. The number of benzene rings is 1. The molecule has 1 aromatic heterocycles. The van der Waals surface area contributed by atoms with E-state index in [0.29, 0.717) is 22.2 Å². The van der Waals surface area contributed by atoms with Gasteiger partial charge in [0.15, 0.2) is 0 Å². The molecule has 0 aliphatic carbocycles. The van der Waals surface area contributed by atoms with Crippen LogP contribution in [0.2, 0.25) is 10.0 Å². The second-order valence-corrected chi connectivity index (χ2v) is 4.91. The summed E-state index contributed by atoms with van der Waals surface area (Å²) < 4.78 is 5.22. The van der Waals surface area contributed by atoms with Crippen LogP contribution in [0.1, 0.15) is 11.3 Å². The molecule has 1 heterocycles. The van der Waals surface area contributed by atoms with Crippen LogP contribution in [0.3, 0.4) is 0 Å². The molecule has 6 nitrogen and oxygen atoms in total. The van der Waals surface area contributed by atoms with E-state index in [1.807, 2.05) is 24.3 Å². The summed E-state index contributed by atoms with van der Waals surface area (Å²) in [6.07, 6.45) is 5.51. The minimum Gasteiger partial charge on any atom is -0.463 e. The number of rotatable bonds is 4. The van der Waals surface area contributed by atoms with Gasteiger partial charge in [-0.3, -0.25) is 10.2 Å². The highest BCUT2D eigenvalue weighted by Crippen LogP contribution is 2.28. The lowest BCUT2D eigenvalue weighted by Gasteiger charge is -2.15. The number of furan rings is 1. The number of nitrogens with two attached hydrogens (primary N) is 2. The second kappa shape index (κ2) is 9.11. The Labute approximate surface area is 138 Å². The van der Waals surface area contributed by atoms with Crippen LogP contribution in [0.15, 0.2) is 34.9 Å². The number of carbonyl (C=O) groups is 1. The molecule has 2 aromatic rings. The SMILES string of the molecule is CN(N)c1cccc(Cl)c1/C=C/c1cc(Cl)co1.NNC=O. The van der Waals surface area contributed by atoms with Crippen molar-refractivity contribution in [2.45, 2.75) is 0 Å². The average molecular weight is 343 g/mol. The maximum Gasteiger partial charge on any atom is 0.221 e. The summed E-state index contributed by atoms with van der Waals surface area (Å²) in [5.41, 5.74) is 3.41. The van der Waals surface area contributed by atoms with E-state index in [1.165, 1.54) is 11.3 Å². The van der Waals surface area contributed by atoms with Crippen molar-refractivity contribution in [2.24, 2.45) is 11.7 Å². The van der Waals surface area contributed by atoms with Gasteiger partial charge in [-0.15, -0.1) is 0 Å². The molecule has 0 atom stereocenters. The number of nitrogens with one attached hydrogen (secondary N) is 1. The fraction of sp³-hybridized carbons (Fsp3) is 0.0714. The first-order valence-electron chi connectivity index (χ1n) is 6.08. The van der Waals surface area contributed by atoms with Gasteiger partial charge in [-0.1, -0.05) is 29.3 Å². The Kier molecular flexibility index (Phi) is 7.48. The number of nitrogens with zero attached hydrogens (tertiary/aromatic N) is 1. The Morgan fingerprint density at radius 2 is 2.00 bits per heavy atom. The molecule has 0 bridgehead atoms. The molecule has 22 heavy (non-hydrogen) atoms. The van der Waals surface area contributed by atoms with Crippen LogP contribution in [0.4, 0.5) is 5.69 Å². The lowest BCUT2D eigenvalue weighted by Crippen LogP contribution is -2.25. The third-order valence-electron chi connectivity index (χ3n) is 2.48. The standard InChI is InChI=1S/C13H12Cl2N2O.CH4N2O/c1-17(16)13-4-2-3-12(15)11(13)6-5-10-7-9(14)8-18-10;2-3-1-4/h2-8H,16H2,1H3;1H,2H2,(H,3,4)/b6-5+;. The van der Waals surface area contributed by atoms with Crippen molar-refractivity contribution in [2.75, 3.05) is 12.1 Å². The van der Waals surface area contributed by atoms with Crippen molar-refractivity contribution in [1.29, 1.82) is 0 Å². The zero-order valence-electron chi connectivity index (χ0n) is 11.8. The van der Waals surface area contributed by atoms with Gasteiger partial charge in [0, 0.05) is 23.7 Å². The van der Waals surface area contributed by atoms with E-state index < -0.39 is 0 Å². The van der Waals surface area contributed by atoms with Gasteiger partial charge in [0.1, 0.15) is 12.0 Å². The van der Waals surface area contributed by atoms with E-state index in [0.717, 1.165) is 11.3 Å². The Morgan fingerprint density at radius 3 is 2.50 bits per heavy atom. The molecule has 0 saturated carbocycles. The van der Waals surface area contributed by atoms with Crippen LogP contribution >= 0.6 is 23.2 Å². The van der Waals surface area contributed by atoms with Gasteiger partial charge in [0.25, 0.3) is 0 Å². The second-order valence-electron chi connectivity index (χ2n) is 4.07. The number of carbonyl (C=O) groups excluding carboxylic acids is 1. The van der Waals surface area contributed by atoms with Crippen molar-refractivity contribution >= 4 is 47.5 Å². The maximum atomic E-state index is 8.94. The maximum absolute atomic E-state index is 8.94. The van der Waals surface area contributed by atoms with Gasteiger partial charge in [-0.05, 0) is 24.3 Å². The van der Waals surface area contributed by atoms with Crippen molar-refractivity contribution in [1.82, 2.24) is 5.43 Å². The summed E-state index contributed by atoms with van der Waals surface area (Å²) in [6, 6.07) is 7.27. The first kappa shape index (κ1) is 18.1. The topological polar surface area (TPSA) is 97.5 Å². The fourth-order valence-electron chi connectivity index (χ4n) is 1.58. The number of amides is 1. The molecule has 1 aromatic carbocycles. The summed E-state index contributed by atoms with van der Waals surface area (Å²) >= 11 is 11.9. The van der Waals surface area contributed by atoms with E-state index in [-0.39, 0.29) is 0 Å². The highest BCUT2D eigenvalue weighted by atomic mass is 35.5. The molecule has 8 heteroatoms. The van der Waals surface area contributed by atoms with Gasteiger partial charge in [0.05, 0.1) is 10.7 Å². The number of hydrogen-bond acceptors (Lipinski definition) is 5. The quantitative estimate of drug-likeness (QED) is 0.343. The average Bonchev–Trinajstić information content (AvgIpc) is 2.91. The van der Waals surface area contributed by atoms with E-state index in [9.17, 15) is 0 Å². The molecule has 0 aliphatic heterocycles. The molecule has 0 fully saturated rings. The number of halogens is 2. The smallest absolute Gasteiger partial charge is 0.221 e. The molecule has 5 N–H and O–H groups in total. The zero-order chi connectivity index (χ0) is 16.5. The fourth-order valence-corrected chi connectivity index (χ4v) is 1.96. The first-order valence-corrected chi connectivity index (χ1v) is 6.84. The van der Waals surface area contributed by atoms with Gasteiger partial charge in [-0.2, -0.15) is 0 Å². The number of hydrogen-bond donors (Lipinski definition) is 3. The summed E-state index contributed by atoms with van der Waals surface area (Å²) in [4.78, 5) is 8.94. The van der Waals surface area contributed by atoms with Crippen LogP contribution in [0.5, 0.6) is 0 Å². The Hall–Kier alpha value is -1.99. The zero-order valence-corrected chi connectivity index (χ0v) is 13.3. The lowest BCUT2D eigenvalue weighted by atomic mass is 10.1.